The van der Waals surface area contributed by atoms with Gasteiger partial charge in [-0.3, -0.25) is 4.90 Å². The van der Waals surface area contributed by atoms with Crippen molar-refractivity contribution in [3.63, 3.8) is 0 Å². The maximum absolute atomic E-state index is 11.8. The highest BCUT2D eigenvalue weighted by atomic mass is 19.3. The molecule has 5 heteroatoms. The van der Waals surface area contributed by atoms with Crippen molar-refractivity contribution in [2.45, 2.75) is 38.8 Å². The normalized spacial score (nSPS) is 22.5. The van der Waals surface area contributed by atoms with Crippen LogP contribution >= 0.6 is 0 Å². The second-order valence-corrected chi connectivity index (χ2v) is 4.49. The third kappa shape index (κ3) is 5.18. The number of nitrogens with zero attached hydrogens (tertiary/aromatic N) is 1. The summed E-state index contributed by atoms with van der Waals surface area (Å²) in [6, 6.07) is 1.07. The first-order valence-electron chi connectivity index (χ1n) is 5.93. The van der Waals surface area contributed by atoms with Gasteiger partial charge in [0.2, 0.25) is 0 Å². The van der Waals surface area contributed by atoms with Gasteiger partial charge >= 0.3 is 0 Å². The van der Waals surface area contributed by atoms with Gasteiger partial charge in [-0.1, -0.05) is 0 Å². The lowest BCUT2D eigenvalue weighted by molar-refractivity contribution is 0.0182. The van der Waals surface area contributed by atoms with Gasteiger partial charge in [0, 0.05) is 25.2 Å². The van der Waals surface area contributed by atoms with E-state index in [4.69, 9.17) is 4.74 Å². The van der Waals surface area contributed by atoms with Gasteiger partial charge in [0.25, 0.3) is 6.43 Å². The predicted octanol–water partition coefficient (Wildman–Crippen LogP) is 1.34. The van der Waals surface area contributed by atoms with E-state index in [1.165, 1.54) is 0 Å². The Morgan fingerprint density at radius 1 is 1.44 bits per heavy atom. The zero-order valence-electron chi connectivity index (χ0n) is 10.1. The maximum Gasteiger partial charge on any atom is 0.261 e. The molecular weight excluding hydrogens is 214 g/mol. The quantitative estimate of drug-likeness (QED) is 0.675. The van der Waals surface area contributed by atoms with Gasteiger partial charge in [0.05, 0.1) is 6.61 Å². The van der Waals surface area contributed by atoms with Gasteiger partial charge in [0.1, 0.15) is 6.61 Å². The van der Waals surface area contributed by atoms with Crippen LogP contribution in [0, 0.1) is 0 Å². The summed E-state index contributed by atoms with van der Waals surface area (Å²) in [5, 5.41) is 3.33. The molecule has 1 saturated heterocycles. The zero-order valence-corrected chi connectivity index (χ0v) is 10.1. The Morgan fingerprint density at radius 2 is 2.19 bits per heavy atom. The molecule has 1 heterocycles. The fraction of sp³-hybridized carbons (Fsp3) is 1.00. The average Bonchev–Trinajstić information content (AvgIpc) is 2.65. The largest absolute Gasteiger partial charge is 0.374 e. The van der Waals surface area contributed by atoms with E-state index in [9.17, 15) is 8.78 Å². The molecule has 0 aromatic carbocycles. The standard InChI is InChI=1S/C11H22F2N2O/c1-9(2)15-5-3-10(7-15)14-4-6-16-8-11(12)13/h9-11,14H,3-8H2,1-2H3. The lowest BCUT2D eigenvalue weighted by Gasteiger charge is -2.20. The Labute approximate surface area is 96.1 Å². The molecule has 1 N–H and O–H groups in total. The molecule has 1 rings (SSSR count). The molecule has 96 valence electrons. The molecule has 0 aromatic heterocycles. The minimum atomic E-state index is -2.36. The van der Waals surface area contributed by atoms with Crippen LogP contribution in [0.2, 0.25) is 0 Å². The summed E-state index contributed by atoms with van der Waals surface area (Å²) in [4.78, 5) is 2.41. The minimum Gasteiger partial charge on any atom is -0.374 e. The fourth-order valence-corrected chi connectivity index (χ4v) is 1.93. The molecule has 0 radical (unpaired) electrons. The van der Waals surface area contributed by atoms with Crippen LogP contribution in [0.15, 0.2) is 0 Å². The predicted molar refractivity (Wildman–Crippen MR) is 59.9 cm³/mol. The van der Waals surface area contributed by atoms with E-state index in [1.807, 2.05) is 0 Å². The molecule has 16 heavy (non-hydrogen) atoms. The van der Waals surface area contributed by atoms with E-state index in [2.05, 4.69) is 24.1 Å². The van der Waals surface area contributed by atoms with Crippen molar-refractivity contribution in [2.75, 3.05) is 32.8 Å². The van der Waals surface area contributed by atoms with E-state index in [0.29, 0.717) is 25.2 Å². The Kier molecular flexibility index (Phi) is 6.16. The third-order valence-corrected chi connectivity index (χ3v) is 2.87. The fourth-order valence-electron chi connectivity index (χ4n) is 1.93. The van der Waals surface area contributed by atoms with Crippen LogP contribution < -0.4 is 5.32 Å². The summed E-state index contributed by atoms with van der Waals surface area (Å²) in [5.74, 6) is 0. The summed E-state index contributed by atoms with van der Waals surface area (Å²) in [6.07, 6.45) is -1.23. The highest BCUT2D eigenvalue weighted by molar-refractivity contribution is 4.82. The van der Waals surface area contributed by atoms with Gasteiger partial charge in [-0.25, -0.2) is 8.78 Å². The van der Waals surface area contributed by atoms with Crippen molar-refractivity contribution < 1.29 is 13.5 Å². The molecule has 0 amide bonds. The molecule has 1 fully saturated rings. The summed E-state index contributed by atoms with van der Waals surface area (Å²) in [5.41, 5.74) is 0. The first kappa shape index (κ1) is 13.8. The first-order valence-corrected chi connectivity index (χ1v) is 5.93. The minimum absolute atomic E-state index is 0.364. The van der Waals surface area contributed by atoms with E-state index >= 15 is 0 Å². The number of hydrogen-bond donors (Lipinski definition) is 1. The number of nitrogens with one attached hydrogen (secondary N) is 1. The summed E-state index contributed by atoms with van der Waals surface area (Å²) in [6.45, 7) is 7.11. The number of alkyl halides is 2. The number of hydrogen-bond acceptors (Lipinski definition) is 3. The Morgan fingerprint density at radius 3 is 2.75 bits per heavy atom. The molecule has 1 aliphatic heterocycles. The third-order valence-electron chi connectivity index (χ3n) is 2.87. The molecule has 1 unspecified atom stereocenters. The van der Waals surface area contributed by atoms with Crippen molar-refractivity contribution in [3.8, 4) is 0 Å². The van der Waals surface area contributed by atoms with E-state index in [0.717, 1.165) is 19.5 Å². The van der Waals surface area contributed by atoms with E-state index in [-0.39, 0.29) is 0 Å². The van der Waals surface area contributed by atoms with Crippen LogP contribution in [-0.2, 0) is 4.74 Å². The monoisotopic (exact) mass is 236 g/mol. The van der Waals surface area contributed by atoms with Gasteiger partial charge in [-0.05, 0) is 26.8 Å². The molecule has 1 aliphatic rings. The summed E-state index contributed by atoms with van der Waals surface area (Å²) >= 11 is 0. The van der Waals surface area contributed by atoms with Crippen molar-refractivity contribution in [1.29, 1.82) is 0 Å². The molecule has 0 aliphatic carbocycles. The number of halogens is 2. The molecule has 0 aromatic rings. The van der Waals surface area contributed by atoms with Crippen LogP contribution in [0.4, 0.5) is 8.78 Å². The van der Waals surface area contributed by atoms with Gasteiger partial charge in [-0.15, -0.1) is 0 Å². The summed E-state index contributed by atoms with van der Waals surface area (Å²) in [7, 11) is 0. The maximum atomic E-state index is 11.8. The van der Waals surface area contributed by atoms with Gasteiger partial charge in [-0.2, -0.15) is 0 Å². The topological polar surface area (TPSA) is 24.5 Å². The first-order chi connectivity index (χ1) is 7.59. The lowest BCUT2D eigenvalue weighted by Crippen LogP contribution is -2.36. The molecule has 0 spiro atoms. The van der Waals surface area contributed by atoms with Crippen LogP contribution in [0.1, 0.15) is 20.3 Å². The molecule has 0 bridgehead atoms. The Bertz CT molecular complexity index is 191. The Balaban J connectivity index is 1.98. The average molecular weight is 236 g/mol. The molecule has 1 atom stereocenters. The highest BCUT2D eigenvalue weighted by Gasteiger charge is 2.23. The number of rotatable bonds is 7. The molecular formula is C11H22F2N2O. The second kappa shape index (κ2) is 7.14. The zero-order chi connectivity index (χ0) is 12.0. The van der Waals surface area contributed by atoms with Crippen LogP contribution in [0.3, 0.4) is 0 Å². The Hall–Kier alpha value is -0.260. The van der Waals surface area contributed by atoms with Crippen molar-refractivity contribution >= 4 is 0 Å². The lowest BCUT2D eigenvalue weighted by atomic mass is 10.2. The van der Waals surface area contributed by atoms with Crippen molar-refractivity contribution in [3.05, 3.63) is 0 Å². The number of likely N-dealkylation sites (tertiary alicyclic amines) is 1. The summed E-state index contributed by atoms with van der Waals surface area (Å²) < 4.78 is 28.3. The van der Waals surface area contributed by atoms with Crippen LogP contribution in [0.5, 0.6) is 0 Å². The molecule has 3 nitrogen and oxygen atoms in total. The van der Waals surface area contributed by atoms with Crippen LogP contribution in [-0.4, -0.2) is 56.3 Å². The van der Waals surface area contributed by atoms with Crippen molar-refractivity contribution in [1.82, 2.24) is 10.2 Å². The highest BCUT2D eigenvalue weighted by Crippen LogP contribution is 2.11. The number of ether oxygens (including phenoxy) is 1. The molecule has 0 saturated carbocycles. The van der Waals surface area contributed by atoms with E-state index < -0.39 is 13.0 Å². The van der Waals surface area contributed by atoms with Crippen molar-refractivity contribution in [2.24, 2.45) is 0 Å². The smallest absolute Gasteiger partial charge is 0.261 e. The van der Waals surface area contributed by atoms with Gasteiger partial charge < -0.3 is 10.1 Å². The van der Waals surface area contributed by atoms with E-state index in [1.54, 1.807) is 0 Å². The second-order valence-electron chi connectivity index (χ2n) is 4.49. The van der Waals surface area contributed by atoms with Gasteiger partial charge in [0.15, 0.2) is 0 Å². The SMILES string of the molecule is CC(C)N1CCC(NCCOCC(F)F)C1. The van der Waals surface area contributed by atoms with Crippen LogP contribution in [0.25, 0.3) is 0 Å².